The number of Topliss-reactive ketones (excluding diaryl/α,β-unsaturated/α-hetero) is 2. The van der Waals surface area contributed by atoms with Gasteiger partial charge in [0, 0.05) is 12.8 Å². The van der Waals surface area contributed by atoms with Crippen molar-refractivity contribution in [3.63, 3.8) is 0 Å². The Bertz CT molecular complexity index is 185. The van der Waals surface area contributed by atoms with Crippen LogP contribution in [-0.2, 0) is 9.59 Å². The molecule has 10 heavy (non-hydrogen) atoms. The Labute approximate surface area is 60.2 Å². The van der Waals surface area contributed by atoms with E-state index in [2.05, 4.69) is 12.3 Å². The Hall–Kier alpha value is -1.14. The molecule has 0 rings (SSSR count). The number of hydrogen-bond acceptors (Lipinski definition) is 2. The summed E-state index contributed by atoms with van der Waals surface area (Å²) in [5, 5.41) is 0. The lowest BCUT2D eigenvalue weighted by atomic mass is 10.1. The van der Waals surface area contributed by atoms with Crippen molar-refractivity contribution < 1.29 is 9.59 Å². The highest BCUT2D eigenvalue weighted by Crippen LogP contribution is 1.89. The first-order valence-electron chi connectivity index (χ1n) is 3.12. The highest BCUT2D eigenvalue weighted by Gasteiger charge is 2.07. The van der Waals surface area contributed by atoms with Crippen LogP contribution in [-0.4, -0.2) is 11.6 Å². The number of rotatable bonds is 4. The van der Waals surface area contributed by atoms with E-state index < -0.39 is 0 Å². The fourth-order valence-corrected chi connectivity index (χ4v) is 0.476. The van der Waals surface area contributed by atoms with Crippen LogP contribution in [0.3, 0.4) is 0 Å². The van der Waals surface area contributed by atoms with Crippen LogP contribution >= 0.6 is 0 Å². The summed E-state index contributed by atoms with van der Waals surface area (Å²) in [5.41, 5.74) is 2.43. The third kappa shape index (κ3) is 3.00. The van der Waals surface area contributed by atoms with Crippen LogP contribution < -0.4 is 0 Å². The third-order valence-electron chi connectivity index (χ3n) is 1.06. The third-order valence-corrected chi connectivity index (χ3v) is 1.06. The number of carbonyl (C=O) groups excluding carboxylic acids is 2. The molecule has 0 aliphatic heterocycles. The van der Waals surface area contributed by atoms with Crippen LogP contribution in [0.15, 0.2) is 18.4 Å². The molecule has 0 aliphatic rings. The van der Waals surface area contributed by atoms with Crippen molar-refractivity contribution in [2.24, 2.45) is 0 Å². The van der Waals surface area contributed by atoms with Crippen LogP contribution in [0.2, 0.25) is 0 Å². The van der Waals surface area contributed by atoms with Gasteiger partial charge in [0.1, 0.15) is 0 Å². The molecular formula is C8H10O2. The standard InChI is InChI=1S/C8H10O2/c1-3-5-6-8(10)7(9)4-2/h5H,1,4,6H2,2H3. The van der Waals surface area contributed by atoms with E-state index >= 15 is 0 Å². The van der Waals surface area contributed by atoms with E-state index in [4.69, 9.17) is 0 Å². The van der Waals surface area contributed by atoms with E-state index in [0.29, 0.717) is 0 Å². The molecule has 0 amide bonds. The largest absolute Gasteiger partial charge is 0.291 e. The molecule has 0 saturated carbocycles. The molecule has 0 aromatic rings. The predicted molar refractivity (Wildman–Crippen MR) is 38.6 cm³/mol. The Kier molecular flexibility index (Phi) is 4.17. The second-order valence-electron chi connectivity index (χ2n) is 1.81. The molecule has 0 N–H and O–H groups in total. The lowest BCUT2D eigenvalue weighted by Crippen LogP contribution is -2.10. The lowest BCUT2D eigenvalue weighted by Gasteiger charge is -1.88. The zero-order valence-corrected chi connectivity index (χ0v) is 6.02. The van der Waals surface area contributed by atoms with Crippen molar-refractivity contribution in [2.45, 2.75) is 19.8 Å². The van der Waals surface area contributed by atoms with Crippen LogP contribution in [0, 0.1) is 0 Å². The van der Waals surface area contributed by atoms with Crippen LogP contribution in [0.25, 0.3) is 0 Å². The first-order chi connectivity index (χ1) is 4.72. The molecule has 0 radical (unpaired) electrons. The molecule has 0 saturated heterocycles. The summed E-state index contributed by atoms with van der Waals surface area (Å²) in [4.78, 5) is 21.3. The molecule has 0 aromatic heterocycles. The molecule has 2 nitrogen and oxygen atoms in total. The Balaban J connectivity index is 3.85. The van der Waals surface area contributed by atoms with E-state index in [-0.39, 0.29) is 24.4 Å². The monoisotopic (exact) mass is 138 g/mol. The molecule has 0 aliphatic carbocycles. The van der Waals surface area contributed by atoms with Crippen molar-refractivity contribution in [1.29, 1.82) is 0 Å². The summed E-state index contributed by atoms with van der Waals surface area (Å²) in [6.45, 7) is 4.94. The topological polar surface area (TPSA) is 34.1 Å². The van der Waals surface area contributed by atoms with Gasteiger partial charge in [-0.2, -0.15) is 0 Å². The van der Waals surface area contributed by atoms with Crippen molar-refractivity contribution >= 4 is 11.6 Å². The lowest BCUT2D eigenvalue weighted by molar-refractivity contribution is -0.135. The van der Waals surface area contributed by atoms with Crippen molar-refractivity contribution in [3.05, 3.63) is 18.4 Å². The molecule has 2 heteroatoms. The average molecular weight is 138 g/mol. The van der Waals surface area contributed by atoms with Crippen LogP contribution in [0.5, 0.6) is 0 Å². The fourth-order valence-electron chi connectivity index (χ4n) is 0.476. The van der Waals surface area contributed by atoms with Gasteiger partial charge in [0.15, 0.2) is 5.78 Å². The van der Waals surface area contributed by atoms with Crippen molar-refractivity contribution in [3.8, 4) is 0 Å². The number of hydrogen-bond donors (Lipinski definition) is 0. The molecule has 0 unspecified atom stereocenters. The van der Waals surface area contributed by atoms with Gasteiger partial charge in [0.2, 0.25) is 5.78 Å². The van der Waals surface area contributed by atoms with Crippen LogP contribution in [0.4, 0.5) is 0 Å². The maximum Gasteiger partial charge on any atom is 0.202 e. The summed E-state index contributed by atoms with van der Waals surface area (Å²) < 4.78 is 0. The fraction of sp³-hybridized carbons (Fsp3) is 0.375. The molecule has 0 spiro atoms. The van der Waals surface area contributed by atoms with E-state index in [1.54, 1.807) is 6.92 Å². The molecule has 0 bridgehead atoms. The van der Waals surface area contributed by atoms with Gasteiger partial charge in [-0.25, -0.2) is 0 Å². The average Bonchev–Trinajstić information content (AvgIpc) is 1.98. The number of allylic oxidation sites excluding steroid dienone is 1. The number of carbonyl (C=O) groups is 2. The van der Waals surface area contributed by atoms with Gasteiger partial charge in [-0.3, -0.25) is 9.59 Å². The molecule has 0 heterocycles. The first-order valence-corrected chi connectivity index (χ1v) is 3.12. The highest BCUT2D eigenvalue weighted by molar-refractivity contribution is 6.37. The maximum atomic E-state index is 10.7. The summed E-state index contributed by atoms with van der Waals surface area (Å²) in [7, 11) is 0. The van der Waals surface area contributed by atoms with E-state index in [9.17, 15) is 9.59 Å². The van der Waals surface area contributed by atoms with E-state index in [1.807, 2.05) is 0 Å². The normalized spacial score (nSPS) is 8.10. The molecule has 0 fully saturated rings. The summed E-state index contributed by atoms with van der Waals surface area (Å²) in [5.74, 6) is -0.690. The first kappa shape index (κ1) is 8.86. The molecule has 0 atom stereocenters. The van der Waals surface area contributed by atoms with Gasteiger partial charge in [0.05, 0.1) is 0 Å². The van der Waals surface area contributed by atoms with Gasteiger partial charge in [0.25, 0.3) is 0 Å². The van der Waals surface area contributed by atoms with Gasteiger partial charge in [-0.15, -0.1) is 5.73 Å². The zero-order chi connectivity index (χ0) is 7.98. The van der Waals surface area contributed by atoms with E-state index in [0.717, 1.165) is 0 Å². The second kappa shape index (κ2) is 4.71. The Morgan fingerprint density at radius 1 is 1.50 bits per heavy atom. The molecule has 0 aromatic carbocycles. The zero-order valence-electron chi connectivity index (χ0n) is 6.02. The minimum atomic E-state index is -0.362. The minimum absolute atomic E-state index is 0.135. The second-order valence-corrected chi connectivity index (χ2v) is 1.81. The summed E-state index contributed by atoms with van der Waals surface area (Å²) in [6.07, 6.45) is 1.87. The predicted octanol–water partition coefficient (Wildman–Crippen LogP) is 1.27. The molecule has 54 valence electrons. The number of ketones is 2. The smallest absolute Gasteiger partial charge is 0.202 e. The maximum absolute atomic E-state index is 10.7. The van der Waals surface area contributed by atoms with Crippen molar-refractivity contribution in [1.82, 2.24) is 0 Å². The van der Waals surface area contributed by atoms with Crippen molar-refractivity contribution in [2.75, 3.05) is 0 Å². The van der Waals surface area contributed by atoms with Gasteiger partial charge < -0.3 is 0 Å². The Morgan fingerprint density at radius 2 is 2.10 bits per heavy atom. The summed E-state index contributed by atoms with van der Waals surface area (Å²) >= 11 is 0. The van der Waals surface area contributed by atoms with Gasteiger partial charge in [-0.05, 0) is 6.08 Å². The van der Waals surface area contributed by atoms with Gasteiger partial charge >= 0.3 is 0 Å². The Morgan fingerprint density at radius 3 is 2.50 bits per heavy atom. The minimum Gasteiger partial charge on any atom is -0.291 e. The quantitative estimate of drug-likeness (QED) is 0.433. The molecular weight excluding hydrogens is 128 g/mol. The van der Waals surface area contributed by atoms with E-state index in [1.165, 1.54) is 6.08 Å². The highest BCUT2D eigenvalue weighted by atomic mass is 16.2. The van der Waals surface area contributed by atoms with Gasteiger partial charge in [-0.1, -0.05) is 13.5 Å². The van der Waals surface area contributed by atoms with Crippen LogP contribution in [0.1, 0.15) is 19.8 Å². The summed E-state index contributed by atoms with van der Waals surface area (Å²) in [6, 6.07) is 0. The SMILES string of the molecule is C=C=CCC(=O)C(=O)CC.